The van der Waals surface area contributed by atoms with E-state index in [1.54, 1.807) is 25.1 Å². The number of carbonyl (C=O) groups is 1. The van der Waals surface area contributed by atoms with Crippen LogP contribution in [0, 0.1) is 12.7 Å². The van der Waals surface area contributed by atoms with Crippen LogP contribution in [0.3, 0.4) is 0 Å². The lowest BCUT2D eigenvalue weighted by Crippen LogP contribution is -2.52. The van der Waals surface area contributed by atoms with Crippen LogP contribution < -0.4 is 24.4 Å². The van der Waals surface area contributed by atoms with Crippen LogP contribution in [-0.4, -0.2) is 44.9 Å². The number of anilines is 2. The number of nitrogens with zero attached hydrogens (tertiary/aromatic N) is 1. The second kappa shape index (κ2) is 9.59. The molecule has 1 amide bonds. The van der Waals surface area contributed by atoms with Gasteiger partial charge >= 0.3 is 0 Å². The van der Waals surface area contributed by atoms with E-state index in [4.69, 9.17) is 18.9 Å². The van der Waals surface area contributed by atoms with Crippen molar-refractivity contribution < 1.29 is 28.1 Å². The first-order valence-electron chi connectivity index (χ1n) is 12.2. The molecule has 194 valence electrons. The highest BCUT2D eigenvalue weighted by molar-refractivity contribution is 6.08. The molecule has 5 rings (SSSR count). The van der Waals surface area contributed by atoms with Gasteiger partial charge in [0.05, 0.1) is 25.1 Å². The van der Waals surface area contributed by atoms with Gasteiger partial charge in [-0.2, -0.15) is 0 Å². The molecule has 1 N–H and O–H groups in total. The lowest BCUT2D eigenvalue weighted by Gasteiger charge is -2.39. The molecule has 8 heteroatoms. The minimum absolute atomic E-state index is 0.0710. The summed E-state index contributed by atoms with van der Waals surface area (Å²) in [5, 5.41) is 3.36. The first-order valence-corrected chi connectivity index (χ1v) is 12.2. The third-order valence-corrected chi connectivity index (χ3v) is 6.73. The number of nitrogens with one attached hydrogen (secondary N) is 1. The standard InChI is InChI=1S/C29H31FN2O5/c1-17-6-7-18(30)12-25(17)37-16-23-21(10-11-24-27(23)32(4)28(33)29(2,3)31-24)22-9-8-19(13-26(22)34-5)35-14-20-15-36-20/h6-13,20,31H,14-16H2,1-5H3/t20-/m0/s1. The first-order chi connectivity index (χ1) is 17.7. The Morgan fingerprint density at radius 1 is 1.08 bits per heavy atom. The number of rotatable bonds is 8. The SMILES string of the molecule is COc1cc(OC[C@H]2CO2)ccc1-c1ccc2c(c1COc1cc(F)ccc1C)N(C)C(=O)C(C)(C)N2. The van der Waals surface area contributed by atoms with E-state index >= 15 is 0 Å². The van der Waals surface area contributed by atoms with Crippen molar-refractivity contribution in [3.05, 3.63) is 65.5 Å². The highest BCUT2D eigenvalue weighted by atomic mass is 19.1. The van der Waals surface area contributed by atoms with E-state index in [0.29, 0.717) is 29.5 Å². The zero-order chi connectivity index (χ0) is 26.3. The van der Waals surface area contributed by atoms with Gasteiger partial charge in [0.2, 0.25) is 0 Å². The number of halogens is 1. The molecule has 7 nitrogen and oxygen atoms in total. The third kappa shape index (κ3) is 4.93. The number of likely N-dealkylation sites (N-methyl/N-ethyl adjacent to an activating group) is 1. The van der Waals surface area contributed by atoms with Crippen molar-refractivity contribution in [1.29, 1.82) is 0 Å². The summed E-state index contributed by atoms with van der Waals surface area (Å²) in [4.78, 5) is 14.9. The number of aryl methyl sites for hydroxylation is 1. The molecule has 2 aliphatic rings. The molecule has 0 saturated carbocycles. The Labute approximate surface area is 216 Å². The molecular weight excluding hydrogens is 475 g/mol. The van der Waals surface area contributed by atoms with Crippen molar-refractivity contribution in [2.75, 3.05) is 37.6 Å². The summed E-state index contributed by atoms with van der Waals surface area (Å²) >= 11 is 0. The van der Waals surface area contributed by atoms with Crippen LogP contribution in [0.25, 0.3) is 11.1 Å². The van der Waals surface area contributed by atoms with Gasteiger partial charge in [0, 0.05) is 30.3 Å². The van der Waals surface area contributed by atoms with Crippen molar-refractivity contribution in [2.24, 2.45) is 0 Å². The Morgan fingerprint density at radius 2 is 1.84 bits per heavy atom. The number of hydrogen-bond donors (Lipinski definition) is 1. The van der Waals surface area contributed by atoms with Gasteiger partial charge in [-0.25, -0.2) is 4.39 Å². The summed E-state index contributed by atoms with van der Waals surface area (Å²) < 4.78 is 36.9. The third-order valence-electron chi connectivity index (χ3n) is 6.73. The second-order valence-electron chi connectivity index (χ2n) is 9.93. The summed E-state index contributed by atoms with van der Waals surface area (Å²) in [5.74, 6) is 1.30. The Hall–Kier alpha value is -3.78. The zero-order valence-corrected chi connectivity index (χ0v) is 21.7. The van der Waals surface area contributed by atoms with Gasteiger partial charge in [-0.05, 0) is 56.2 Å². The molecule has 0 radical (unpaired) electrons. The van der Waals surface area contributed by atoms with Crippen molar-refractivity contribution >= 4 is 17.3 Å². The molecule has 3 aromatic carbocycles. The average molecular weight is 507 g/mol. The van der Waals surface area contributed by atoms with Gasteiger partial charge in [-0.15, -0.1) is 0 Å². The monoisotopic (exact) mass is 506 g/mol. The lowest BCUT2D eigenvalue weighted by molar-refractivity contribution is -0.121. The van der Waals surface area contributed by atoms with E-state index in [2.05, 4.69) is 5.32 Å². The Bertz CT molecular complexity index is 1350. The molecule has 2 aliphatic heterocycles. The topological polar surface area (TPSA) is 72.6 Å². The fraction of sp³-hybridized carbons (Fsp3) is 0.345. The zero-order valence-electron chi connectivity index (χ0n) is 21.7. The highest BCUT2D eigenvalue weighted by Gasteiger charge is 2.38. The minimum Gasteiger partial charge on any atom is -0.496 e. The summed E-state index contributed by atoms with van der Waals surface area (Å²) in [6.07, 6.45) is 0.145. The summed E-state index contributed by atoms with van der Waals surface area (Å²) in [7, 11) is 3.37. The normalized spacial score (nSPS) is 17.6. The predicted octanol–water partition coefficient (Wildman–Crippen LogP) is 5.33. The van der Waals surface area contributed by atoms with Crippen molar-refractivity contribution in [2.45, 2.75) is 39.0 Å². The molecule has 1 atom stereocenters. The number of carbonyl (C=O) groups excluding carboxylic acids is 1. The number of ether oxygens (including phenoxy) is 4. The number of hydrogen-bond acceptors (Lipinski definition) is 6. The van der Waals surface area contributed by atoms with Crippen LogP contribution in [0.2, 0.25) is 0 Å². The maximum atomic E-state index is 14.0. The van der Waals surface area contributed by atoms with Gasteiger partial charge < -0.3 is 29.2 Å². The Kier molecular flexibility index (Phi) is 6.45. The van der Waals surface area contributed by atoms with E-state index in [0.717, 1.165) is 34.5 Å². The summed E-state index contributed by atoms with van der Waals surface area (Å²) in [5.41, 5.74) is 4.01. The van der Waals surface area contributed by atoms with Gasteiger partial charge in [-0.3, -0.25) is 4.79 Å². The van der Waals surface area contributed by atoms with Crippen LogP contribution in [0.5, 0.6) is 17.2 Å². The number of amides is 1. The van der Waals surface area contributed by atoms with E-state index < -0.39 is 5.54 Å². The van der Waals surface area contributed by atoms with E-state index in [-0.39, 0.29) is 24.4 Å². The Balaban J connectivity index is 1.59. The van der Waals surface area contributed by atoms with E-state index in [1.165, 1.54) is 12.1 Å². The summed E-state index contributed by atoms with van der Waals surface area (Å²) in [6, 6.07) is 14.1. The molecule has 2 heterocycles. The van der Waals surface area contributed by atoms with Gasteiger partial charge in [0.25, 0.3) is 5.91 Å². The number of epoxide rings is 1. The van der Waals surface area contributed by atoms with Crippen molar-refractivity contribution in [1.82, 2.24) is 0 Å². The number of methoxy groups -OCH3 is 1. The smallest absolute Gasteiger partial charge is 0.251 e. The molecule has 0 aliphatic carbocycles. The van der Waals surface area contributed by atoms with Crippen LogP contribution in [0.4, 0.5) is 15.8 Å². The van der Waals surface area contributed by atoms with Crippen LogP contribution in [0.1, 0.15) is 25.0 Å². The lowest BCUT2D eigenvalue weighted by atomic mass is 9.91. The largest absolute Gasteiger partial charge is 0.496 e. The Morgan fingerprint density at radius 3 is 2.57 bits per heavy atom. The fourth-order valence-corrected chi connectivity index (χ4v) is 4.65. The van der Waals surface area contributed by atoms with Crippen LogP contribution in [0.15, 0.2) is 48.5 Å². The molecule has 37 heavy (non-hydrogen) atoms. The number of fused-ring (bicyclic) bond motifs is 1. The average Bonchev–Trinajstić information content (AvgIpc) is 3.71. The van der Waals surface area contributed by atoms with Crippen molar-refractivity contribution in [3.63, 3.8) is 0 Å². The van der Waals surface area contributed by atoms with Gasteiger partial charge in [0.15, 0.2) is 0 Å². The first kappa shape index (κ1) is 24.9. The summed E-state index contributed by atoms with van der Waals surface area (Å²) in [6.45, 7) is 6.89. The van der Waals surface area contributed by atoms with Crippen molar-refractivity contribution in [3.8, 4) is 28.4 Å². The van der Waals surface area contributed by atoms with E-state index in [1.807, 2.05) is 51.1 Å². The van der Waals surface area contributed by atoms with Crippen LogP contribution in [-0.2, 0) is 16.1 Å². The quantitative estimate of drug-likeness (QED) is 0.416. The van der Waals surface area contributed by atoms with Gasteiger partial charge in [0.1, 0.15) is 47.9 Å². The molecule has 0 unspecified atom stereocenters. The molecule has 1 fully saturated rings. The fourth-order valence-electron chi connectivity index (χ4n) is 4.65. The second-order valence-corrected chi connectivity index (χ2v) is 9.93. The highest BCUT2D eigenvalue weighted by Crippen LogP contribution is 2.45. The van der Waals surface area contributed by atoms with Gasteiger partial charge in [-0.1, -0.05) is 12.1 Å². The molecule has 1 saturated heterocycles. The maximum Gasteiger partial charge on any atom is 0.251 e. The molecule has 0 aromatic heterocycles. The van der Waals surface area contributed by atoms with E-state index in [9.17, 15) is 9.18 Å². The maximum absolute atomic E-state index is 14.0. The van der Waals surface area contributed by atoms with Crippen LogP contribution >= 0.6 is 0 Å². The number of benzene rings is 3. The molecule has 0 spiro atoms. The predicted molar refractivity (Wildman–Crippen MR) is 140 cm³/mol. The minimum atomic E-state index is -0.761. The molecule has 0 bridgehead atoms. The molecular formula is C29H31FN2O5. The molecule has 3 aromatic rings.